The normalized spacial score (nSPS) is 17.1. The highest BCUT2D eigenvalue weighted by atomic mass is 16.5. The van der Waals surface area contributed by atoms with E-state index in [0.717, 1.165) is 12.2 Å². The van der Waals surface area contributed by atoms with Crippen LogP contribution in [0.15, 0.2) is 24.3 Å². The number of carboxylic acid groups (broad SMARTS) is 1. The van der Waals surface area contributed by atoms with Gasteiger partial charge in [0, 0.05) is 6.61 Å². The average Bonchev–Trinajstić information content (AvgIpc) is 2.68. The Bertz CT molecular complexity index is 406. The Morgan fingerprint density at radius 1 is 1.16 bits per heavy atom. The fourth-order valence-corrected chi connectivity index (χ4v) is 2.72. The molecule has 2 rings (SSSR count). The Labute approximate surface area is 114 Å². The standard InChI is InChI=1S/C16H22O3/c17-16(18)15-10-6-5-9-14(15)12-19-11-13-7-3-1-2-4-8-13/h5-6,9-10,13H,1-4,7-8,11-12H2,(H,17,18). The van der Waals surface area contributed by atoms with E-state index < -0.39 is 5.97 Å². The second kappa shape index (κ2) is 7.29. The van der Waals surface area contributed by atoms with Crippen LogP contribution in [-0.2, 0) is 11.3 Å². The number of carbonyl (C=O) groups is 1. The van der Waals surface area contributed by atoms with E-state index in [9.17, 15) is 4.79 Å². The zero-order chi connectivity index (χ0) is 13.5. The molecule has 1 aromatic carbocycles. The monoisotopic (exact) mass is 262 g/mol. The van der Waals surface area contributed by atoms with E-state index in [-0.39, 0.29) is 0 Å². The zero-order valence-electron chi connectivity index (χ0n) is 11.3. The van der Waals surface area contributed by atoms with Gasteiger partial charge in [0.2, 0.25) is 0 Å². The quantitative estimate of drug-likeness (QED) is 0.819. The first-order chi connectivity index (χ1) is 9.27. The van der Waals surface area contributed by atoms with Crippen molar-refractivity contribution < 1.29 is 14.6 Å². The second-order valence-electron chi connectivity index (χ2n) is 5.34. The zero-order valence-corrected chi connectivity index (χ0v) is 11.3. The third-order valence-corrected chi connectivity index (χ3v) is 3.83. The molecule has 1 N–H and O–H groups in total. The predicted octanol–water partition coefficient (Wildman–Crippen LogP) is 3.87. The first kappa shape index (κ1) is 14.1. The van der Waals surface area contributed by atoms with Gasteiger partial charge in [-0.15, -0.1) is 0 Å². The number of benzene rings is 1. The highest BCUT2D eigenvalue weighted by Gasteiger charge is 2.13. The molecule has 0 saturated heterocycles. The van der Waals surface area contributed by atoms with Crippen LogP contribution in [0.25, 0.3) is 0 Å². The van der Waals surface area contributed by atoms with Crippen molar-refractivity contribution in [1.29, 1.82) is 0 Å². The van der Waals surface area contributed by atoms with E-state index in [0.29, 0.717) is 18.1 Å². The van der Waals surface area contributed by atoms with Crippen molar-refractivity contribution in [1.82, 2.24) is 0 Å². The molecule has 1 fully saturated rings. The minimum absolute atomic E-state index is 0.350. The van der Waals surface area contributed by atoms with Gasteiger partial charge in [-0.3, -0.25) is 0 Å². The summed E-state index contributed by atoms with van der Waals surface area (Å²) in [5, 5.41) is 9.10. The SMILES string of the molecule is O=C(O)c1ccccc1COCC1CCCCCC1. The van der Waals surface area contributed by atoms with E-state index in [4.69, 9.17) is 9.84 Å². The number of rotatable bonds is 5. The Balaban J connectivity index is 1.83. The van der Waals surface area contributed by atoms with Crippen LogP contribution in [-0.4, -0.2) is 17.7 Å². The lowest BCUT2D eigenvalue weighted by Gasteiger charge is -2.14. The molecule has 0 atom stereocenters. The molecule has 0 spiro atoms. The van der Waals surface area contributed by atoms with Crippen molar-refractivity contribution in [3.63, 3.8) is 0 Å². The summed E-state index contributed by atoms with van der Waals surface area (Å²) in [5.74, 6) is -0.229. The number of carboxylic acids is 1. The molecule has 0 heterocycles. The molecule has 0 aliphatic heterocycles. The maximum atomic E-state index is 11.1. The third kappa shape index (κ3) is 4.35. The summed E-state index contributed by atoms with van der Waals surface area (Å²) in [6.07, 6.45) is 7.80. The Morgan fingerprint density at radius 3 is 2.53 bits per heavy atom. The van der Waals surface area contributed by atoms with Crippen LogP contribution in [0.5, 0.6) is 0 Å². The lowest BCUT2D eigenvalue weighted by Crippen LogP contribution is -2.10. The molecule has 0 bridgehead atoms. The van der Waals surface area contributed by atoms with Gasteiger partial charge in [-0.05, 0) is 30.4 Å². The first-order valence-corrected chi connectivity index (χ1v) is 7.16. The van der Waals surface area contributed by atoms with Crippen LogP contribution in [0.3, 0.4) is 0 Å². The fourth-order valence-electron chi connectivity index (χ4n) is 2.72. The van der Waals surface area contributed by atoms with Crippen LogP contribution >= 0.6 is 0 Å². The minimum Gasteiger partial charge on any atom is -0.478 e. The van der Waals surface area contributed by atoms with Crippen molar-refractivity contribution in [3.8, 4) is 0 Å². The molecule has 3 heteroatoms. The van der Waals surface area contributed by atoms with E-state index in [2.05, 4.69) is 0 Å². The van der Waals surface area contributed by atoms with Gasteiger partial charge in [0.25, 0.3) is 0 Å². The number of hydrogen-bond donors (Lipinski definition) is 1. The average molecular weight is 262 g/mol. The summed E-state index contributed by atoms with van der Waals surface area (Å²) in [7, 11) is 0. The Hall–Kier alpha value is -1.35. The number of ether oxygens (including phenoxy) is 1. The van der Waals surface area contributed by atoms with E-state index >= 15 is 0 Å². The second-order valence-corrected chi connectivity index (χ2v) is 5.34. The van der Waals surface area contributed by atoms with Gasteiger partial charge in [0.1, 0.15) is 0 Å². The number of hydrogen-bond acceptors (Lipinski definition) is 2. The Kier molecular flexibility index (Phi) is 5.40. The van der Waals surface area contributed by atoms with Gasteiger partial charge < -0.3 is 9.84 Å². The summed E-state index contributed by atoms with van der Waals surface area (Å²) in [6.45, 7) is 1.16. The molecule has 0 aromatic heterocycles. The molecule has 0 amide bonds. The molecule has 1 aromatic rings. The van der Waals surface area contributed by atoms with Gasteiger partial charge in [0.05, 0.1) is 12.2 Å². The van der Waals surface area contributed by atoms with Crippen LogP contribution in [0.4, 0.5) is 0 Å². The summed E-state index contributed by atoms with van der Waals surface area (Å²) >= 11 is 0. The maximum absolute atomic E-state index is 11.1. The molecule has 3 nitrogen and oxygen atoms in total. The van der Waals surface area contributed by atoms with Crippen LogP contribution in [0.2, 0.25) is 0 Å². The fraction of sp³-hybridized carbons (Fsp3) is 0.562. The highest BCUT2D eigenvalue weighted by molar-refractivity contribution is 5.89. The lowest BCUT2D eigenvalue weighted by atomic mass is 10.0. The maximum Gasteiger partial charge on any atom is 0.336 e. The van der Waals surface area contributed by atoms with Crippen LogP contribution < -0.4 is 0 Å². The molecule has 1 aliphatic rings. The predicted molar refractivity (Wildman–Crippen MR) is 74.2 cm³/mol. The van der Waals surface area contributed by atoms with Crippen LogP contribution in [0.1, 0.15) is 54.4 Å². The topological polar surface area (TPSA) is 46.5 Å². The largest absolute Gasteiger partial charge is 0.478 e. The summed E-state index contributed by atoms with van der Waals surface area (Å²) in [4.78, 5) is 11.1. The molecular weight excluding hydrogens is 240 g/mol. The van der Waals surface area contributed by atoms with E-state index in [1.54, 1.807) is 12.1 Å². The molecule has 1 aliphatic carbocycles. The van der Waals surface area contributed by atoms with Crippen molar-refractivity contribution >= 4 is 5.97 Å². The molecule has 104 valence electrons. The van der Waals surface area contributed by atoms with Gasteiger partial charge in [-0.2, -0.15) is 0 Å². The van der Waals surface area contributed by atoms with Gasteiger partial charge in [-0.25, -0.2) is 4.79 Å². The molecule has 19 heavy (non-hydrogen) atoms. The first-order valence-electron chi connectivity index (χ1n) is 7.16. The third-order valence-electron chi connectivity index (χ3n) is 3.83. The smallest absolute Gasteiger partial charge is 0.336 e. The molecule has 0 radical (unpaired) electrons. The highest BCUT2D eigenvalue weighted by Crippen LogP contribution is 2.23. The summed E-state index contributed by atoms with van der Waals surface area (Å²) in [6, 6.07) is 7.07. The van der Waals surface area contributed by atoms with Gasteiger partial charge in [-0.1, -0.05) is 43.9 Å². The van der Waals surface area contributed by atoms with E-state index in [1.165, 1.54) is 38.5 Å². The van der Waals surface area contributed by atoms with Gasteiger partial charge >= 0.3 is 5.97 Å². The van der Waals surface area contributed by atoms with Crippen LogP contribution in [0, 0.1) is 5.92 Å². The molecular formula is C16H22O3. The van der Waals surface area contributed by atoms with Crippen molar-refractivity contribution in [2.45, 2.75) is 45.1 Å². The van der Waals surface area contributed by atoms with E-state index in [1.807, 2.05) is 12.1 Å². The molecule has 0 unspecified atom stereocenters. The van der Waals surface area contributed by atoms with Crippen molar-refractivity contribution in [2.24, 2.45) is 5.92 Å². The molecule has 1 saturated carbocycles. The Morgan fingerprint density at radius 2 is 1.84 bits per heavy atom. The lowest BCUT2D eigenvalue weighted by molar-refractivity contribution is 0.0669. The van der Waals surface area contributed by atoms with Gasteiger partial charge in [0.15, 0.2) is 0 Å². The minimum atomic E-state index is -0.881. The van der Waals surface area contributed by atoms with Crippen molar-refractivity contribution in [2.75, 3.05) is 6.61 Å². The summed E-state index contributed by atoms with van der Waals surface area (Å²) < 4.78 is 5.74. The van der Waals surface area contributed by atoms with Crippen molar-refractivity contribution in [3.05, 3.63) is 35.4 Å². The summed E-state index contributed by atoms with van der Waals surface area (Å²) in [5.41, 5.74) is 1.12. The number of aromatic carboxylic acids is 1.